The Bertz CT molecular complexity index is 646. The van der Waals surface area contributed by atoms with Gasteiger partial charge in [-0.2, -0.15) is 0 Å². The van der Waals surface area contributed by atoms with Gasteiger partial charge in [0.2, 0.25) is 0 Å². The number of carbonyl (C=O) groups excluding carboxylic acids is 1. The van der Waals surface area contributed by atoms with Crippen molar-refractivity contribution < 1.29 is 9.18 Å². The molecular weight excluding hydrogens is 330 g/mol. The zero-order chi connectivity index (χ0) is 14.0. The SMILES string of the molecule is O=Cc1cc(Cl)c(Sc2ccc(Cl)c(Cl)c2)cc1F. The van der Waals surface area contributed by atoms with Gasteiger partial charge >= 0.3 is 0 Å². The molecule has 0 fully saturated rings. The van der Waals surface area contributed by atoms with Crippen LogP contribution >= 0.6 is 46.6 Å². The Morgan fingerprint density at radius 3 is 2.37 bits per heavy atom. The van der Waals surface area contributed by atoms with Crippen LogP contribution in [0, 0.1) is 5.82 Å². The zero-order valence-corrected chi connectivity index (χ0v) is 12.4. The van der Waals surface area contributed by atoms with Gasteiger partial charge in [-0.15, -0.1) is 0 Å². The van der Waals surface area contributed by atoms with Crippen LogP contribution in [0.15, 0.2) is 40.1 Å². The van der Waals surface area contributed by atoms with Gasteiger partial charge in [-0.1, -0.05) is 46.6 Å². The van der Waals surface area contributed by atoms with Crippen LogP contribution in [0.4, 0.5) is 4.39 Å². The number of hydrogen-bond acceptors (Lipinski definition) is 2. The van der Waals surface area contributed by atoms with E-state index in [1.165, 1.54) is 23.9 Å². The summed E-state index contributed by atoms with van der Waals surface area (Å²) in [7, 11) is 0. The quantitative estimate of drug-likeness (QED) is 0.664. The second kappa shape index (κ2) is 6.14. The molecule has 0 radical (unpaired) electrons. The van der Waals surface area contributed by atoms with Gasteiger partial charge < -0.3 is 0 Å². The van der Waals surface area contributed by atoms with Gasteiger partial charge in [0, 0.05) is 9.79 Å². The number of hydrogen-bond donors (Lipinski definition) is 0. The largest absolute Gasteiger partial charge is 0.298 e. The fourth-order valence-corrected chi connectivity index (χ4v) is 2.92. The second-order valence-electron chi connectivity index (χ2n) is 3.60. The Balaban J connectivity index is 2.35. The highest BCUT2D eigenvalue weighted by atomic mass is 35.5. The highest BCUT2D eigenvalue weighted by Gasteiger charge is 2.10. The van der Waals surface area contributed by atoms with Gasteiger partial charge in [0.1, 0.15) is 5.82 Å². The van der Waals surface area contributed by atoms with Crippen molar-refractivity contribution in [3.05, 3.63) is 56.8 Å². The highest BCUT2D eigenvalue weighted by Crippen LogP contribution is 2.37. The van der Waals surface area contributed by atoms with E-state index in [0.717, 1.165) is 4.90 Å². The number of rotatable bonds is 3. The van der Waals surface area contributed by atoms with Gasteiger partial charge in [-0.25, -0.2) is 4.39 Å². The fraction of sp³-hybridized carbons (Fsp3) is 0. The number of aldehydes is 1. The monoisotopic (exact) mass is 334 g/mol. The Labute approximate surface area is 128 Å². The van der Waals surface area contributed by atoms with E-state index in [1.54, 1.807) is 18.2 Å². The van der Waals surface area contributed by atoms with Crippen molar-refractivity contribution in [3.63, 3.8) is 0 Å². The van der Waals surface area contributed by atoms with E-state index < -0.39 is 5.82 Å². The lowest BCUT2D eigenvalue weighted by Crippen LogP contribution is -1.89. The smallest absolute Gasteiger partial charge is 0.153 e. The topological polar surface area (TPSA) is 17.1 Å². The summed E-state index contributed by atoms with van der Waals surface area (Å²) < 4.78 is 13.5. The van der Waals surface area contributed by atoms with Crippen molar-refractivity contribution in [2.75, 3.05) is 0 Å². The van der Waals surface area contributed by atoms with E-state index in [4.69, 9.17) is 34.8 Å². The molecule has 0 aliphatic rings. The molecule has 0 saturated carbocycles. The molecule has 1 nitrogen and oxygen atoms in total. The van der Waals surface area contributed by atoms with Crippen LogP contribution in [0.3, 0.4) is 0 Å². The Morgan fingerprint density at radius 2 is 1.74 bits per heavy atom. The van der Waals surface area contributed by atoms with Crippen molar-refractivity contribution in [1.82, 2.24) is 0 Å². The third-order valence-electron chi connectivity index (χ3n) is 2.30. The Morgan fingerprint density at radius 1 is 1.00 bits per heavy atom. The van der Waals surface area contributed by atoms with Crippen molar-refractivity contribution >= 4 is 52.9 Å². The van der Waals surface area contributed by atoms with Crippen molar-refractivity contribution in [1.29, 1.82) is 0 Å². The first kappa shape index (κ1) is 14.7. The van der Waals surface area contributed by atoms with Gasteiger partial charge in [0.15, 0.2) is 6.29 Å². The van der Waals surface area contributed by atoms with Crippen LogP contribution in [-0.4, -0.2) is 6.29 Å². The lowest BCUT2D eigenvalue weighted by molar-refractivity contribution is 0.111. The normalized spacial score (nSPS) is 10.5. The van der Waals surface area contributed by atoms with Crippen LogP contribution in [0.1, 0.15) is 10.4 Å². The van der Waals surface area contributed by atoms with E-state index in [-0.39, 0.29) is 5.56 Å². The molecule has 0 amide bonds. The molecule has 0 aromatic heterocycles. The van der Waals surface area contributed by atoms with Crippen LogP contribution in [0.2, 0.25) is 15.1 Å². The molecule has 0 heterocycles. The van der Waals surface area contributed by atoms with Crippen molar-refractivity contribution in [2.45, 2.75) is 9.79 Å². The van der Waals surface area contributed by atoms with E-state index >= 15 is 0 Å². The third-order valence-corrected chi connectivity index (χ3v) is 4.51. The highest BCUT2D eigenvalue weighted by molar-refractivity contribution is 7.99. The molecule has 0 aliphatic carbocycles. The maximum atomic E-state index is 13.5. The molecule has 19 heavy (non-hydrogen) atoms. The summed E-state index contributed by atoms with van der Waals surface area (Å²) in [6.45, 7) is 0. The molecule has 0 saturated heterocycles. The van der Waals surface area contributed by atoms with Crippen LogP contribution < -0.4 is 0 Å². The van der Waals surface area contributed by atoms with Crippen LogP contribution in [-0.2, 0) is 0 Å². The average molecular weight is 336 g/mol. The zero-order valence-electron chi connectivity index (χ0n) is 9.29. The lowest BCUT2D eigenvalue weighted by atomic mass is 10.2. The molecule has 0 unspecified atom stereocenters. The maximum absolute atomic E-state index is 13.5. The summed E-state index contributed by atoms with van der Waals surface area (Å²) in [6, 6.07) is 7.58. The van der Waals surface area contributed by atoms with Gasteiger partial charge in [0.25, 0.3) is 0 Å². The van der Waals surface area contributed by atoms with Gasteiger partial charge in [-0.3, -0.25) is 4.79 Å². The van der Waals surface area contributed by atoms with Crippen molar-refractivity contribution in [3.8, 4) is 0 Å². The molecule has 6 heteroatoms. The van der Waals surface area contributed by atoms with Crippen molar-refractivity contribution in [2.24, 2.45) is 0 Å². The standard InChI is InChI=1S/C13H6Cl3FOS/c14-9-2-1-8(4-10(9)15)19-13-5-12(17)7(6-18)3-11(13)16/h1-6H. The summed E-state index contributed by atoms with van der Waals surface area (Å²) in [4.78, 5) is 11.9. The fourth-order valence-electron chi connectivity index (χ4n) is 1.38. The average Bonchev–Trinajstić information content (AvgIpc) is 2.38. The van der Waals surface area contributed by atoms with Gasteiger partial charge in [0.05, 0.1) is 20.6 Å². The first-order valence-electron chi connectivity index (χ1n) is 5.08. The molecule has 2 rings (SSSR count). The molecule has 2 aromatic rings. The summed E-state index contributed by atoms with van der Waals surface area (Å²) in [5.41, 5.74) is -0.0662. The Kier molecular flexibility index (Phi) is 4.74. The first-order valence-corrected chi connectivity index (χ1v) is 7.03. The van der Waals surface area contributed by atoms with Gasteiger partial charge in [-0.05, 0) is 30.3 Å². The maximum Gasteiger partial charge on any atom is 0.153 e. The minimum Gasteiger partial charge on any atom is -0.298 e. The predicted molar refractivity (Wildman–Crippen MR) is 77.4 cm³/mol. The molecule has 0 bridgehead atoms. The summed E-state index contributed by atoms with van der Waals surface area (Å²) in [5, 5.41) is 1.16. The molecular formula is C13H6Cl3FOS. The summed E-state index contributed by atoms with van der Waals surface area (Å²) in [6.07, 6.45) is 0.425. The second-order valence-corrected chi connectivity index (χ2v) is 5.94. The molecule has 98 valence electrons. The molecule has 0 aliphatic heterocycles. The van der Waals surface area contributed by atoms with E-state index in [0.29, 0.717) is 26.2 Å². The van der Waals surface area contributed by atoms with Crippen LogP contribution in [0.25, 0.3) is 0 Å². The molecule has 0 spiro atoms. The molecule has 0 atom stereocenters. The third kappa shape index (κ3) is 3.42. The minimum atomic E-state index is -0.609. The number of halogens is 4. The first-order chi connectivity index (χ1) is 9.01. The van der Waals surface area contributed by atoms with E-state index in [9.17, 15) is 9.18 Å². The number of carbonyl (C=O) groups is 1. The summed E-state index contributed by atoms with van der Waals surface area (Å²) in [5.74, 6) is -0.609. The molecule has 2 aromatic carbocycles. The number of benzene rings is 2. The predicted octanol–water partition coefficient (Wildman–Crippen LogP) is 5.75. The minimum absolute atomic E-state index is 0.0662. The van der Waals surface area contributed by atoms with E-state index in [1.807, 2.05) is 0 Å². The molecule has 0 N–H and O–H groups in total. The Hall–Kier alpha value is -0.740. The van der Waals surface area contributed by atoms with E-state index in [2.05, 4.69) is 0 Å². The van der Waals surface area contributed by atoms with Crippen LogP contribution in [0.5, 0.6) is 0 Å². The summed E-state index contributed by atoms with van der Waals surface area (Å²) >= 11 is 18.9. The lowest BCUT2D eigenvalue weighted by Gasteiger charge is -2.06.